The molecule has 2 rings (SSSR count). The number of nitrogens with one attached hydrogen (secondary N) is 1. The Morgan fingerprint density at radius 1 is 1.37 bits per heavy atom. The first-order valence-corrected chi connectivity index (χ1v) is 5.43. The van der Waals surface area contributed by atoms with Crippen molar-refractivity contribution in [1.29, 1.82) is 0 Å². The minimum atomic E-state index is -0.781. The molecule has 1 aromatic carbocycles. The van der Waals surface area contributed by atoms with E-state index in [0.29, 0.717) is 11.3 Å². The fourth-order valence-corrected chi connectivity index (χ4v) is 1.51. The Morgan fingerprint density at radius 2 is 2.00 bits per heavy atom. The first kappa shape index (κ1) is 12.7. The molecular weight excluding hydrogens is 250 g/mol. The molecule has 1 heterocycles. The zero-order chi connectivity index (χ0) is 14.0. The van der Waals surface area contributed by atoms with Crippen LogP contribution in [0.15, 0.2) is 38.6 Å². The van der Waals surface area contributed by atoms with Crippen LogP contribution in [-0.2, 0) is 7.05 Å². The molecule has 7 nitrogen and oxygen atoms in total. The maximum atomic E-state index is 11.8. The van der Waals surface area contributed by atoms with Crippen LogP contribution in [0.1, 0.15) is 23.0 Å². The van der Waals surface area contributed by atoms with Gasteiger partial charge in [0.1, 0.15) is 0 Å². The van der Waals surface area contributed by atoms with Gasteiger partial charge >= 0.3 is 11.3 Å². The highest BCUT2D eigenvalue weighted by molar-refractivity contribution is 5.94. The Morgan fingerprint density at radius 3 is 2.47 bits per heavy atom. The van der Waals surface area contributed by atoms with Crippen molar-refractivity contribution in [3.63, 3.8) is 0 Å². The van der Waals surface area contributed by atoms with Crippen molar-refractivity contribution >= 4 is 17.4 Å². The second kappa shape index (κ2) is 4.89. The van der Waals surface area contributed by atoms with Gasteiger partial charge in [-0.25, -0.2) is 4.79 Å². The van der Waals surface area contributed by atoms with Crippen LogP contribution >= 0.6 is 0 Å². The Kier molecular flexibility index (Phi) is 3.28. The Labute approximate surface area is 107 Å². The smallest absolute Gasteiger partial charge is 0.435 e. The molecule has 1 N–H and O–H groups in total. The van der Waals surface area contributed by atoms with Crippen LogP contribution in [0, 0.1) is 0 Å². The number of aromatic amines is 1. The number of hydrogen-bond donors (Lipinski definition) is 1. The summed E-state index contributed by atoms with van der Waals surface area (Å²) < 4.78 is 5.61. The minimum Gasteiger partial charge on any atom is -0.854 e. The van der Waals surface area contributed by atoms with Gasteiger partial charge in [0.15, 0.2) is 12.8 Å². The molecule has 0 bridgehead atoms. The maximum Gasteiger partial charge on any atom is 0.435 e. The normalized spacial score (nSPS) is 11.6. The van der Waals surface area contributed by atoms with Crippen LogP contribution in [-0.4, -0.2) is 17.0 Å². The molecule has 19 heavy (non-hydrogen) atoms. The van der Waals surface area contributed by atoms with Crippen molar-refractivity contribution in [3.05, 3.63) is 45.9 Å². The topological polar surface area (TPSA) is 102 Å². The average Bonchev–Trinajstić information content (AvgIpc) is 2.69. The molecule has 7 heteroatoms. The molecule has 0 saturated carbocycles. The summed E-state index contributed by atoms with van der Waals surface area (Å²) in [5, 5.41) is 14.0. The minimum absolute atomic E-state index is 0.0736. The lowest BCUT2D eigenvalue weighted by molar-refractivity contribution is -0.742. The number of carbonyl (C=O) groups excluding carboxylic acids is 1. The molecule has 0 amide bonds. The zero-order valence-electron chi connectivity index (χ0n) is 10.3. The molecule has 0 radical (unpaired) electrons. The van der Waals surface area contributed by atoms with Crippen LogP contribution in [0.2, 0.25) is 0 Å². The van der Waals surface area contributed by atoms with Crippen molar-refractivity contribution < 1.29 is 19.1 Å². The van der Waals surface area contributed by atoms with Gasteiger partial charge in [-0.1, -0.05) is 4.68 Å². The summed E-state index contributed by atoms with van der Waals surface area (Å²) in [7, 11) is 1.46. The number of hydrogen-bond acceptors (Lipinski definition) is 5. The summed E-state index contributed by atoms with van der Waals surface area (Å²) in [6, 6.07) is 6.19. The van der Waals surface area contributed by atoms with Crippen LogP contribution in [0.3, 0.4) is 0 Å². The lowest BCUT2D eigenvalue weighted by atomic mass is 10.1. The van der Waals surface area contributed by atoms with Gasteiger partial charge in [-0.15, -0.1) is 0 Å². The molecule has 0 saturated heterocycles. The van der Waals surface area contributed by atoms with Crippen LogP contribution in [0.4, 0.5) is 5.69 Å². The van der Waals surface area contributed by atoms with Gasteiger partial charge in [0, 0.05) is 5.56 Å². The third-order valence-electron chi connectivity index (χ3n) is 2.51. The molecule has 0 atom stereocenters. The number of nitrogens with zero attached hydrogens (tertiary/aromatic N) is 2. The van der Waals surface area contributed by atoms with Crippen LogP contribution in [0.25, 0.3) is 0 Å². The molecule has 0 aliphatic rings. The number of H-pyrrole nitrogens is 1. The highest BCUT2D eigenvalue weighted by Crippen LogP contribution is 2.13. The van der Waals surface area contributed by atoms with E-state index in [0.717, 1.165) is 4.68 Å². The number of aromatic nitrogens is 2. The third kappa shape index (κ3) is 2.59. The van der Waals surface area contributed by atoms with Crippen LogP contribution in [0.5, 0.6) is 0 Å². The fourth-order valence-electron chi connectivity index (χ4n) is 1.51. The molecule has 0 spiro atoms. The molecule has 0 unspecified atom stereocenters. The number of ketones is 1. The van der Waals surface area contributed by atoms with E-state index in [-0.39, 0.29) is 11.5 Å². The summed E-state index contributed by atoms with van der Waals surface area (Å²) >= 11 is 0. The van der Waals surface area contributed by atoms with Gasteiger partial charge in [-0.2, -0.15) is 0 Å². The summed E-state index contributed by atoms with van der Waals surface area (Å²) in [5.74, 6) is -0.788. The van der Waals surface area contributed by atoms with Crippen molar-refractivity contribution in [2.45, 2.75) is 6.92 Å². The van der Waals surface area contributed by atoms with Gasteiger partial charge in [-0.05, 0) is 36.5 Å². The molecule has 98 valence electrons. The van der Waals surface area contributed by atoms with Gasteiger partial charge in [0.25, 0.3) is 0 Å². The molecule has 2 aromatic rings. The predicted octanol–water partition coefficient (Wildman–Crippen LogP) is -0.566. The van der Waals surface area contributed by atoms with E-state index in [4.69, 9.17) is 0 Å². The van der Waals surface area contributed by atoms with E-state index in [2.05, 4.69) is 14.8 Å². The van der Waals surface area contributed by atoms with Gasteiger partial charge in [-0.3, -0.25) is 14.3 Å². The molecule has 0 aliphatic heterocycles. The zero-order valence-corrected chi connectivity index (χ0v) is 10.3. The SMILES string of the molecule is CC(=O)c1ccc(N=C([O-])c2c(=O)o[nH][n+]2C)cc1. The summed E-state index contributed by atoms with van der Waals surface area (Å²) in [4.78, 5) is 26.1. The monoisotopic (exact) mass is 261 g/mol. The number of aliphatic imine (C=N–C) groups is 1. The first-order chi connectivity index (χ1) is 8.99. The van der Waals surface area contributed by atoms with E-state index in [1.165, 1.54) is 26.1 Å². The summed E-state index contributed by atoms with van der Waals surface area (Å²) in [5.41, 5.74) is -0.0963. The fraction of sp³-hybridized carbons (Fsp3) is 0.167. The Balaban J connectivity index is 2.36. The highest BCUT2D eigenvalue weighted by Gasteiger charge is 2.17. The molecule has 0 fully saturated rings. The van der Waals surface area contributed by atoms with Crippen molar-refractivity contribution in [1.82, 2.24) is 5.27 Å². The van der Waals surface area contributed by atoms with E-state index in [9.17, 15) is 14.7 Å². The average molecular weight is 261 g/mol. The molecular formula is C12H11N3O4. The van der Waals surface area contributed by atoms with Gasteiger partial charge < -0.3 is 5.11 Å². The Hall–Kier alpha value is -2.70. The van der Waals surface area contributed by atoms with E-state index < -0.39 is 11.5 Å². The highest BCUT2D eigenvalue weighted by atomic mass is 16.5. The van der Waals surface area contributed by atoms with Crippen LogP contribution < -0.4 is 15.4 Å². The number of rotatable bonds is 3. The quantitative estimate of drug-likeness (QED) is 0.346. The van der Waals surface area contributed by atoms with Crippen molar-refractivity contribution in [2.24, 2.45) is 12.0 Å². The molecule has 0 aliphatic carbocycles. The first-order valence-electron chi connectivity index (χ1n) is 5.43. The maximum absolute atomic E-state index is 11.8. The molecule has 1 aromatic heterocycles. The standard InChI is InChI=1S/C12H11N3O4/c1-7(16)8-3-5-9(6-4-8)13-11(17)10-12(18)19-14-15(10)2/h3-6H,1-2H3,(H-,13,14,16,17,18). The largest absolute Gasteiger partial charge is 0.854 e. The van der Waals surface area contributed by atoms with Crippen molar-refractivity contribution in [2.75, 3.05) is 0 Å². The predicted molar refractivity (Wildman–Crippen MR) is 63.1 cm³/mol. The number of Topliss-reactive ketones (excluding diaryl/α,β-unsaturated/α-hetero) is 1. The van der Waals surface area contributed by atoms with E-state index in [1.807, 2.05) is 0 Å². The van der Waals surface area contributed by atoms with E-state index in [1.54, 1.807) is 12.1 Å². The summed E-state index contributed by atoms with van der Waals surface area (Å²) in [6.45, 7) is 1.45. The number of carbonyl (C=O) groups is 1. The second-order valence-corrected chi connectivity index (χ2v) is 3.91. The van der Waals surface area contributed by atoms with Gasteiger partial charge in [0.2, 0.25) is 0 Å². The summed E-state index contributed by atoms with van der Waals surface area (Å²) in [6.07, 6.45) is 0. The van der Waals surface area contributed by atoms with Gasteiger partial charge in [0.05, 0.1) is 11.6 Å². The lowest BCUT2D eigenvalue weighted by Gasteiger charge is -2.03. The van der Waals surface area contributed by atoms with E-state index >= 15 is 0 Å². The number of aryl methyl sites for hydroxylation is 1. The van der Waals surface area contributed by atoms with Crippen molar-refractivity contribution in [3.8, 4) is 0 Å². The number of benzene rings is 1. The third-order valence-corrected chi connectivity index (χ3v) is 2.51. The second-order valence-electron chi connectivity index (χ2n) is 3.91. The Bertz CT molecular complexity index is 695. The lowest BCUT2D eigenvalue weighted by Crippen LogP contribution is -2.43.